The highest BCUT2D eigenvalue weighted by Crippen LogP contribution is 2.01. The summed E-state index contributed by atoms with van der Waals surface area (Å²) in [6.45, 7) is 2.52. The van der Waals surface area contributed by atoms with Crippen LogP contribution in [0.5, 0.6) is 0 Å². The summed E-state index contributed by atoms with van der Waals surface area (Å²) in [5.41, 5.74) is 1.10. The van der Waals surface area contributed by atoms with Crippen molar-refractivity contribution in [3.8, 4) is 0 Å². The van der Waals surface area contributed by atoms with E-state index in [4.69, 9.17) is 7.85 Å². The standard InChI is InChI=1S/C7H7BN4O/c1-2-12-5-4(10-7(12)8)3-9-11-6(5)13/h3H,2H2,1H3,(H,11,13). The van der Waals surface area contributed by atoms with Crippen LogP contribution < -0.4 is 11.3 Å². The normalized spacial score (nSPS) is 10.8. The van der Waals surface area contributed by atoms with E-state index < -0.39 is 0 Å². The summed E-state index contributed by atoms with van der Waals surface area (Å²) in [5.74, 6) is 0. The molecule has 2 rings (SSSR count). The first-order valence-corrected chi connectivity index (χ1v) is 3.93. The molecule has 0 aliphatic heterocycles. The van der Waals surface area contributed by atoms with Crippen molar-refractivity contribution in [3.05, 3.63) is 16.6 Å². The van der Waals surface area contributed by atoms with Crippen LogP contribution in [0, 0.1) is 0 Å². The number of aryl methyl sites for hydroxylation is 1. The SMILES string of the molecule is [B]c1nc2cn[nH]c(=O)c2n1CC. The minimum absolute atomic E-state index is 0.261. The Kier molecular flexibility index (Phi) is 1.68. The lowest BCUT2D eigenvalue weighted by molar-refractivity contribution is 0.805. The molecule has 2 aromatic rings. The third kappa shape index (κ3) is 1.06. The van der Waals surface area contributed by atoms with Crippen LogP contribution >= 0.6 is 0 Å². The van der Waals surface area contributed by atoms with Crippen molar-refractivity contribution < 1.29 is 0 Å². The van der Waals surface area contributed by atoms with Gasteiger partial charge in [-0.15, -0.1) is 0 Å². The van der Waals surface area contributed by atoms with Crippen LogP contribution in [0.25, 0.3) is 11.0 Å². The average molecular weight is 174 g/mol. The molecule has 0 spiro atoms. The maximum Gasteiger partial charge on any atom is 0.290 e. The molecule has 0 bridgehead atoms. The molecule has 0 saturated carbocycles. The molecular formula is C7H7BN4O. The molecule has 0 fully saturated rings. The Morgan fingerprint density at radius 2 is 2.46 bits per heavy atom. The Labute approximate surface area is 75.2 Å². The lowest BCUT2D eigenvalue weighted by Gasteiger charge is -1.99. The Bertz CT molecular complexity index is 501. The predicted molar refractivity (Wildman–Crippen MR) is 49.2 cm³/mol. The second-order valence-corrected chi connectivity index (χ2v) is 2.65. The number of aromatic amines is 1. The van der Waals surface area contributed by atoms with Gasteiger partial charge in [0.05, 0.1) is 11.9 Å². The highest BCUT2D eigenvalue weighted by molar-refractivity contribution is 6.30. The number of fused-ring (bicyclic) bond motifs is 1. The van der Waals surface area contributed by atoms with Crippen LogP contribution in [-0.2, 0) is 6.54 Å². The minimum atomic E-state index is -0.261. The largest absolute Gasteiger partial charge is 0.333 e. The zero-order valence-electron chi connectivity index (χ0n) is 7.11. The molecule has 1 N–H and O–H groups in total. The Hall–Kier alpha value is -1.59. The first kappa shape index (κ1) is 8.03. The van der Waals surface area contributed by atoms with Crippen molar-refractivity contribution in [2.45, 2.75) is 13.5 Å². The second-order valence-electron chi connectivity index (χ2n) is 2.65. The molecular weight excluding hydrogens is 167 g/mol. The van der Waals surface area contributed by atoms with Crippen LogP contribution in [0.4, 0.5) is 0 Å². The van der Waals surface area contributed by atoms with Gasteiger partial charge in [0.1, 0.15) is 11.0 Å². The fraction of sp³-hybridized carbons (Fsp3) is 0.286. The average Bonchev–Trinajstić information content (AvgIpc) is 2.42. The zero-order chi connectivity index (χ0) is 9.42. The number of imidazole rings is 1. The summed E-state index contributed by atoms with van der Waals surface area (Å²) >= 11 is 0. The monoisotopic (exact) mass is 174 g/mol. The fourth-order valence-electron chi connectivity index (χ4n) is 1.34. The van der Waals surface area contributed by atoms with Gasteiger partial charge in [0, 0.05) is 6.54 Å². The van der Waals surface area contributed by atoms with Crippen molar-refractivity contribution in [1.29, 1.82) is 0 Å². The molecule has 13 heavy (non-hydrogen) atoms. The van der Waals surface area contributed by atoms with E-state index >= 15 is 0 Å². The van der Waals surface area contributed by atoms with Gasteiger partial charge in [-0.2, -0.15) is 5.10 Å². The maximum atomic E-state index is 11.3. The highest BCUT2D eigenvalue weighted by atomic mass is 16.1. The summed E-state index contributed by atoms with van der Waals surface area (Å²) in [5, 5.41) is 5.97. The van der Waals surface area contributed by atoms with Crippen LogP contribution in [0.15, 0.2) is 11.0 Å². The molecule has 0 aliphatic rings. The quantitative estimate of drug-likeness (QED) is 0.560. The summed E-state index contributed by atoms with van der Waals surface area (Å²) in [6, 6.07) is 0. The number of nitrogens with one attached hydrogen (secondary N) is 1. The van der Waals surface area contributed by atoms with Crippen molar-refractivity contribution >= 4 is 24.6 Å². The summed E-state index contributed by atoms with van der Waals surface area (Å²) in [7, 11) is 5.60. The molecule has 0 aliphatic carbocycles. The Morgan fingerprint density at radius 1 is 1.69 bits per heavy atom. The first-order valence-electron chi connectivity index (χ1n) is 3.93. The van der Waals surface area contributed by atoms with E-state index in [-0.39, 0.29) is 5.56 Å². The van der Waals surface area contributed by atoms with E-state index in [0.29, 0.717) is 23.3 Å². The lowest BCUT2D eigenvalue weighted by atomic mass is 10.1. The van der Waals surface area contributed by atoms with E-state index in [1.807, 2.05) is 6.92 Å². The maximum absolute atomic E-state index is 11.3. The van der Waals surface area contributed by atoms with Gasteiger partial charge in [-0.1, -0.05) is 0 Å². The third-order valence-corrected chi connectivity index (χ3v) is 1.91. The van der Waals surface area contributed by atoms with Crippen molar-refractivity contribution in [3.63, 3.8) is 0 Å². The van der Waals surface area contributed by atoms with Gasteiger partial charge >= 0.3 is 0 Å². The van der Waals surface area contributed by atoms with Crippen LogP contribution in [0.1, 0.15) is 6.92 Å². The van der Waals surface area contributed by atoms with Crippen molar-refractivity contribution in [2.24, 2.45) is 0 Å². The van der Waals surface area contributed by atoms with Crippen molar-refractivity contribution in [1.82, 2.24) is 19.7 Å². The van der Waals surface area contributed by atoms with E-state index in [2.05, 4.69) is 15.2 Å². The zero-order valence-corrected chi connectivity index (χ0v) is 7.11. The van der Waals surface area contributed by atoms with E-state index in [1.54, 1.807) is 4.57 Å². The smallest absolute Gasteiger partial charge is 0.290 e. The van der Waals surface area contributed by atoms with E-state index in [9.17, 15) is 4.79 Å². The number of rotatable bonds is 1. The first-order chi connectivity index (χ1) is 6.24. The molecule has 0 unspecified atom stereocenters. The van der Waals surface area contributed by atoms with Gasteiger partial charge in [-0.05, 0) is 6.92 Å². The van der Waals surface area contributed by atoms with Gasteiger partial charge in [-0.3, -0.25) is 4.79 Å². The number of aromatic nitrogens is 4. The lowest BCUT2D eigenvalue weighted by Crippen LogP contribution is -2.21. The van der Waals surface area contributed by atoms with Gasteiger partial charge < -0.3 is 4.57 Å². The van der Waals surface area contributed by atoms with Crippen molar-refractivity contribution in [2.75, 3.05) is 0 Å². The van der Waals surface area contributed by atoms with E-state index in [0.717, 1.165) is 0 Å². The molecule has 2 heterocycles. The second kappa shape index (κ2) is 2.72. The number of hydrogen-bond donors (Lipinski definition) is 1. The predicted octanol–water partition coefficient (Wildman–Crippen LogP) is -1.07. The van der Waals surface area contributed by atoms with Gasteiger partial charge in [0.2, 0.25) is 0 Å². The molecule has 5 nitrogen and oxygen atoms in total. The van der Waals surface area contributed by atoms with Crippen LogP contribution in [-0.4, -0.2) is 27.6 Å². The molecule has 0 atom stereocenters. The molecule has 0 aromatic carbocycles. The molecule has 2 radical (unpaired) electrons. The summed E-state index contributed by atoms with van der Waals surface area (Å²) in [4.78, 5) is 15.3. The van der Waals surface area contributed by atoms with Gasteiger partial charge in [0.15, 0.2) is 7.85 Å². The van der Waals surface area contributed by atoms with E-state index in [1.165, 1.54) is 6.20 Å². The number of hydrogen-bond acceptors (Lipinski definition) is 3. The summed E-state index contributed by atoms with van der Waals surface area (Å²) < 4.78 is 1.65. The minimum Gasteiger partial charge on any atom is -0.333 e. The van der Waals surface area contributed by atoms with Crippen LogP contribution in [0.2, 0.25) is 0 Å². The number of nitrogens with zero attached hydrogens (tertiary/aromatic N) is 3. The Morgan fingerprint density at radius 3 is 3.15 bits per heavy atom. The molecule has 0 saturated heterocycles. The molecule has 6 heteroatoms. The van der Waals surface area contributed by atoms with Crippen LogP contribution in [0.3, 0.4) is 0 Å². The third-order valence-electron chi connectivity index (χ3n) is 1.91. The number of H-pyrrole nitrogens is 1. The molecule has 2 aromatic heterocycles. The molecule has 0 amide bonds. The van der Waals surface area contributed by atoms with Gasteiger partial charge in [0.25, 0.3) is 5.56 Å². The Balaban J connectivity index is 2.97. The summed E-state index contributed by atoms with van der Waals surface area (Å²) in [6.07, 6.45) is 1.49. The van der Waals surface area contributed by atoms with Gasteiger partial charge in [-0.25, -0.2) is 10.1 Å². The molecule has 64 valence electrons. The fourth-order valence-corrected chi connectivity index (χ4v) is 1.34. The highest BCUT2D eigenvalue weighted by Gasteiger charge is 2.08. The topological polar surface area (TPSA) is 63.6 Å².